The number of hydrogen-bond donors (Lipinski definition) is 6. The van der Waals surface area contributed by atoms with E-state index in [1.807, 2.05) is 12.5 Å². The lowest BCUT2D eigenvalue weighted by molar-refractivity contribution is -0.142. The molecule has 31 heavy (non-hydrogen) atoms. The fourth-order valence-corrected chi connectivity index (χ4v) is 3.54. The molecule has 180 valence electrons. The normalized spacial score (nSPS) is 16.0. The molecule has 12 heteroatoms. The van der Waals surface area contributed by atoms with Gasteiger partial charge in [0.05, 0.1) is 12.1 Å². The third kappa shape index (κ3) is 11.1. The summed E-state index contributed by atoms with van der Waals surface area (Å²) in [4.78, 5) is 49.1. The smallest absolute Gasteiger partial charge is 0.326 e. The Hall–Kier alpha value is -1.50. The molecule has 0 aromatic heterocycles. The quantitative estimate of drug-likeness (QED) is 0.179. The van der Waals surface area contributed by atoms with Crippen molar-refractivity contribution in [1.82, 2.24) is 16.0 Å². The number of aliphatic hydroxyl groups excluding tert-OH is 1. The molecule has 0 aromatic rings. The van der Waals surface area contributed by atoms with Crippen LogP contribution < -0.4 is 21.7 Å². The van der Waals surface area contributed by atoms with Crippen molar-refractivity contribution in [3.8, 4) is 0 Å². The van der Waals surface area contributed by atoms with Gasteiger partial charge in [-0.05, 0) is 49.7 Å². The molecule has 0 saturated carbocycles. The maximum Gasteiger partial charge on any atom is 0.326 e. The highest BCUT2D eigenvalue weighted by atomic mass is 32.2. The molecule has 0 aliphatic heterocycles. The summed E-state index contributed by atoms with van der Waals surface area (Å²) in [6, 6.07) is -4.28. The van der Waals surface area contributed by atoms with E-state index in [1.54, 1.807) is 13.8 Å². The number of amides is 3. The largest absolute Gasteiger partial charge is 0.480 e. The van der Waals surface area contributed by atoms with Crippen LogP contribution >= 0.6 is 23.5 Å². The number of carboxylic acid groups (broad SMARTS) is 1. The van der Waals surface area contributed by atoms with Crippen molar-refractivity contribution < 1.29 is 29.4 Å². The molecule has 0 aliphatic rings. The van der Waals surface area contributed by atoms with Crippen LogP contribution in [0.25, 0.3) is 0 Å². The van der Waals surface area contributed by atoms with Gasteiger partial charge in [-0.2, -0.15) is 23.5 Å². The summed E-state index contributed by atoms with van der Waals surface area (Å²) in [6.45, 7) is 4.72. The molecule has 0 heterocycles. The number of aliphatic carboxylic acids is 1. The maximum absolute atomic E-state index is 12.7. The highest BCUT2D eigenvalue weighted by Crippen LogP contribution is 2.07. The first-order chi connectivity index (χ1) is 14.5. The lowest BCUT2D eigenvalue weighted by atomic mass is 10.0. The molecule has 0 rings (SSSR count). The molecule has 10 nitrogen and oxygen atoms in total. The fourth-order valence-electron chi connectivity index (χ4n) is 2.57. The van der Waals surface area contributed by atoms with Gasteiger partial charge in [0.2, 0.25) is 17.7 Å². The number of aliphatic hydroxyl groups is 1. The predicted octanol–water partition coefficient (Wildman–Crippen LogP) is -0.604. The molecule has 3 amide bonds. The Balaban J connectivity index is 5.25. The van der Waals surface area contributed by atoms with E-state index in [0.29, 0.717) is 17.9 Å². The number of hydrogen-bond acceptors (Lipinski definition) is 8. The van der Waals surface area contributed by atoms with Crippen molar-refractivity contribution in [2.75, 3.05) is 24.0 Å². The van der Waals surface area contributed by atoms with Gasteiger partial charge in [0, 0.05) is 0 Å². The molecule has 0 aromatic carbocycles. The van der Waals surface area contributed by atoms with E-state index >= 15 is 0 Å². The van der Waals surface area contributed by atoms with Crippen molar-refractivity contribution in [2.45, 2.75) is 63.9 Å². The first-order valence-electron chi connectivity index (χ1n) is 10.0. The SMILES string of the molecule is CSCCC(N)C(=O)NC(C(=O)NC(C(=O)NC(CCSC)C(=O)O)C(C)C)C(C)O. The standard InChI is InChI=1S/C19H36N4O6S2/c1-10(2)14(17(26)21-13(19(28)29)7-9-31-5)22-18(27)15(11(3)24)23-16(25)12(20)6-8-30-4/h10-15,24H,6-9,20H2,1-5H3,(H,21,26)(H,22,27)(H,23,25)(H,28,29). The minimum atomic E-state index is -1.31. The van der Waals surface area contributed by atoms with Gasteiger partial charge in [-0.25, -0.2) is 4.79 Å². The summed E-state index contributed by atoms with van der Waals surface area (Å²) in [5.41, 5.74) is 5.81. The average Bonchev–Trinajstić information content (AvgIpc) is 2.69. The van der Waals surface area contributed by atoms with Crippen LogP contribution in [0.2, 0.25) is 0 Å². The zero-order chi connectivity index (χ0) is 24.1. The Morgan fingerprint density at radius 2 is 1.32 bits per heavy atom. The zero-order valence-corrected chi connectivity index (χ0v) is 20.3. The second-order valence-corrected chi connectivity index (χ2v) is 9.50. The second kappa shape index (κ2) is 15.3. The molecule has 0 fully saturated rings. The van der Waals surface area contributed by atoms with Gasteiger partial charge >= 0.3 is 5.97 Å². The lowest BCUT2D eigenvalue weighted by Gasteiger charge is -2.28. The van der Waals surface area contributed by atoms with Crippen LogP contribution in [0.15, 0.2) is 0 Å². The van der Waals surface area contributed by atoms with Crippen LogP contribution in [0.4, 0.5) is 0 Å². The first-order valence-corrected chi connectivity index (χ1v) is 12.8. The fraction of sp³-hybridized carbons (Fsp3) is 0.789. The van der Waals surface area contributed by atoms with Gasteiger partial charge in [-0.1, -0.05) is 13.8 Å². The summed E-state index contributed by atoms with van der Waals surface area (Å²) in [7, 11) is 0. The molecular formula is C19H36N4O6S2. The Bertz CT molecular complexity index is 606. The molecule has 7 N–H and O–H groups in total. The van der Waals surface area contributed by atoms with Gasteiger partial charge in [0.25, 0.3) is 0 Å². The molecule has 0 spiro atoms. The summed E-state index contributed by atoms with van der Waals surface area (Å²) in [5, 5.41) is 26.7. The lowest BCUT2D eigenvalue weighted by Crippen LogP contribution is -2.60. The first kappa shape index (κ1) is 29.5. The van der Waals surface area contributed by atoms with Crippen LogP contribution in [-0.4, -0.2) is 88.2 Å². The van der Waals surface area contributed by atoms with Crippen molar-refractivity contribution in [2.24, 2.45) is 11.7 Å². The van der Waals surface area contributed by atoms with Crippen molar-refractivity contribution in [3.63, 3.8) is 0 Å². The van der Waals surface area contributed by atoms with Gasteiger partial charge in [-0.3, -0.25) is 14.4 Å². The highest BCUT2D eigenvalue weighted by Gasteiger charge is 2.33. The molecule has 0 radical (unpaired) electrons. The number of thioether (sulfide) groups is 2. The Morgan fingerprint density at radius 3 is 1.77 bits per heavy atom. The predicted molar refractivity (Wildman–Crippen MR) is 124 cm³/mol. The van der Waals surface area contributed by atoms with Crippen molar-refractivity contribution in [1.29, 1.82) is 0 Å². The summed E-state index contributed by atoms with van der Waals surface area (Å²) in [5.74, 6) is -2.31. The number of nitrogens with two attached hydrogens (primary N) is 1. The minimum absolute atomic E-state index is 0.237. The average molecular weight is 481 g/mol. The second-order valence-electron chi connectivity index (χ2n) is 7.53. The molecule has 0 aliphatic carbocycles. The number of carboxylic acids is 1. The van der Waals surface area contributed by atoms with Gasteiger partial charge < -0.3 is 31.9 Å². The van der Waals surface area contributed by atoms with Gasteiger partial charge in [-0.15, -0.1) is 0 Å². The van der Waals surface area contributed by atoms with Gasteiger partial charge in [0.15, 0.2) is 0 Å². The van der Waals surface area contributed by atoms with Crippen LogP contribution in [0.3, 0.4) is 0 Å². The third-order valence-corrected chi connectivity index (χ3v) is 5.79. The maximum atomic E-state index is 12.7. The number of carbonyl (C=O) groups is 4. The number of rotatable bonds is 15. The molecule has 0 bridgehead atoms. The van der Waals surface area contributed by atoms with E-state index in [2.05, 4.69) is 16.0 Å². The van der Waals surface area contributed by atoms with Crippen molar-refractivity contribution in [3.05, 3.63) is 0 Å². The van der Waals surface area contributed by atoms with Crippen LogP contribution in [0.1, 0.15) is 33.6 Å². The number of carbonyl (C=O) groups excluding carboxylic acids is 3. The highest BCUT2D eigenvalue weighted by molar-refractivity contribution is 7.98. The summed E-state index contributed by atoms with van der Waals surface area (Å²) < 4.78 is 0. The van der Waals surface area contributed by atoms with E-state index in [-0.39, 0.29) is 12.3 Å². The van der Waals surface area contributed by atoms with E-state index in [0.717, 1.165) is 0 Å². The molecule has 5 atom stereocenters. The monoisotopic (exact) mass is 480 g/mol. The zero-order valence-electron chi connectivity index (χ0n) is 18.7. The Morgan fingerprint density at radius 1 is 0.839 bits per heavy atom. The van der Waals surface area contributed by atoms with Crippen LogP contribution in [0.5, 0.6) is 0 Å². The van der Waals surface area contributed by atoms with E-state index in [4.69, 9.17) is 5.73 Å². The van der Waals surface area contributed by atoms with Crippen molar-refractivity contribution >= 4 is 47.2 Å². The van der Waals surface area contributed by atoms with Crippen LogP contribution in [0, 0.1) is 5.92 Å². The van der Waals surface area contributed by atoms with Gasteiger partial charge in [0.1, 0.15) is 18.1 Å². The van der Waals surface area contributed by atoms with Crippen LogP contribution in [-0.2, 0) is 19.2 Å². The molecular weight excluding hydrogens is 444 g/mol. The van der Waals surface area contributed by atoms with E-state index in [9.17, 15) is 29.4 Å². The molecule has 5 unspecified atom stereocenters. The minimum Gasteiger partial charge on any atom is -0.480 e. The Labute approximate surface area is 192 Å². The number of nitrogens with one attached hydrogen (secondary N) is 3. The summed E-state index contributed by atoms with van der Waals surface area (Å²) in [6.07, 6.45) is 3.12. The third-order valence-electron chi connectivity index (χ3n) is 4.50. The van der Waals surface area contributed by atoms with E-state index in [1.165, 1.54) is 30.4 Å². The Kier molecular flexibility index (Phi) is 14.6. The summed E-state index contributed by atoms with van der Waals surface area (Å²) >= 11 is 2.98. The molecule has 0 saturated heterocycles. The van der Waals surface area contributed by atoms with E-state index < -0.39 is 54.0 Å². The topological polar surface area (TPSA) is 171 Å².